The van der Waals surface area contributed by atoms with Crippen LogP contribution in [0.4, 0.5) is 5.69 Å². The molecule has 0 fully saturated rings. The van der Waals surface area contributed by atoms with Crippen LogP contribution < -0.4 is 5.32 Å². The number of aryl methyl sites for hydroxylation is 3. The fraction of sp³-hybridized carbons (Fsp3) is 0.375. The van der Waals surface area contributed by atoms with E-state index in [1.54, 1.807) is 4.68 Å². The van der Waals surface area contributed by atoms with Gasteiger partial charge in [-0.25, -0.2) is 0 Å². The fourth-order valence-electron chi connectivity index (χ4n) is 2.20. The molecular formula is C16H20ClN3O. The van der Waals surface area contributed by atoms with Crippen molar-refractivity contribution in [1.29, 1.82) is 0 Å². The molecule has 0 unspecified atom stereocenters. The van der Waals surface area contributed by atoms with Crippen molar-refractivity contribution in [3.63, 3.8) is 0 Å². The molecule has 1 aromatic heterocycles. The molecule has 0 atom stereocenters. The highest BCUT2D eigenvalue weighted by molar-refractivity contribution is 6.31. The molecule has 0 aliphatic rings. The number of carbonyl (C=O) groups excluding carboxylic acids is 1. The maximum atomic E-state index is 12.1. The third kappa shape index (κ3) is 3.45. The molecular weight excluding hydrogens is 286 g/mol. The Kier molecular flexibility index (Phi) is 4.68. The molecule has 0 aliphatic carbocycles. The van der Waals surface area contributed by atoms with Crippen molar-refractivity contribution in [3.05, 3.63) is 45.7 Å². The predicted molar refractivity (Wildman–Crippen MR) is 85.9 cm³/mol. The predicted octanol–water partition coefficient (Wildman–Crippen LogP) is 3.80. The molecule has 0 radical (unpaired) electrons. The summed E-state index contributed by atoms with van der Waals surface area (Å²) < 4.78 is 1.78. The second kappa shape index (κ2) is 6.31. The van der Waals surface area contributed by atoms with Gasteiger partial charge in [0, 0.05) is 12.1 Å². The van der Waals surface area contributed by atoms with Crippen LogP contribution in [0.2, 0.25) is 5.02 Å². The van der Waals surface area contributed by atoms with Gasteiger partial charge in [-0.2, -0.15) is 5.10 Å². The zero-order valence-electron chi connectivity index (χ0n) is 12.8. The van der Waals surface area contributed by atoms with Gasteiger partial charge < -0.3 is 5.32 Å². The van der Waals surface area contributed by atoms with Gasteiger partial charge in [-0.05, 0) is 44.9 Å². The van der Waals surface area contributed by atoms with Crippen molar-refractivity contribution >= 4 is 23.2 Å². The summed E-state index contributed by atoms with van der Waals surface area (Å²) >= 11 is 6.10. The number of halogens is 1. The Hall–Kier alpha value is -1.81. The molecule has 0 aliphatic heterocycles. The van der Waals surface area contributed by atoms with Gasteiger partial charge in [0.05, 0.1) is 23.0 Å². The van der Waals surface area contributed by atoms with E-state index in [0.717, 1.165) is 28.2 Å². The van der Waals surface area contributed by atoms with Crippen molar-refractivity contribution in [2.45, 2.75) is 40.7 Å². The van der Waals surface area contributed by atoms with E-state index in [4.69, 9.17) is 11.6 Å². The molecule has 1 N–H and O–H groups in total. The minimum atomic E-state index is -0.0209. The molecule has 0 saturated heterocycles. The number of anilines is 1. The van der Waals surface area contributed by atoms with Crippen molar-refractivity contribution < 1.29 is 4.79 Å². The molecule has 0 saturated carbocycles. The summed E-state index contributed by atoms with van der Waals surface area (Å²) in [7, 11) is 0. The van der Waals surface area contributed by atoms with Crippen molar-refractivity contribution in [2.75, 3.05) is 5.32 Å². The third-order valence-electron chi connectivity index (χ3n) is 3.72. The molecule has 112 valence electrons. The summed E-state index contributed by atoms with van der Waals surface area (Å²) in [6, 6.07) is 5.89. The molecule has 5 heteroatoms. The fourth-order valence-corrected chi connectivity index (χ4v) is 2.33. The number of aromatic nitrogens is 2. The summed E-state index contributed by atoms with van der Waals surface area (Å²) in [5, 5.41) is 7.95. The molecule has 21 heavy (non-hydrogen) atoms. The van der Waals surface area contributed by atoms with E-state index in [0.29, 0.717) is 18.0 Å². The van der Waals surface area contributed by atoms with E-state index in [1.165, 1.54) is 0 Å². The Morgan fingerprint density at radius 2 is 2.00 bits per heavy atom. The summed E-state index contributed by atoms with van der Waals surface area (Å²) in [5.41, 5.74) is 4.82. The molecule has 1 heterocycles. The quantitative estimate of drug-likeness (QED) is 0.934. The van der Waals surface area contributed by atoms with Crippen LogP contribution in [0.5, 0.6) is 0 Å². The highest BCUT2D eigenvalue weighted by Gasteiger charge is 2.11. The summed E-state index contributed by atoms with van der Waals surface area (Å²) in [5.74, 6) is -0.0209. The van der Waals surface area contributed by atoms with E-state index < -0.39 is 0 Å². The number of rotatable bonds is 4. The molecule has 1 aromatic carbocycles. The monoisotopic (exact) mass is 305 g/mol. The van der Waals surface area contributed by atoms with Gasteiger partial charge in [0.25, 0.3) is 0 Å². The number of hydrogen-bond acceptors (Lipinski definition) is 2. The Labute approximate surface area is 130 Å². The zero-order chi connectivity index (χ0) is 15.6. The Morgan fingerprint density at radius 1 is 1.29 bits per heavy atom. The summed E-state index contributed by atoms with van der Waals surface area (Å²) in [6.45, 7) is 8.33. The normalized spacial score (nSPS) is 10.7. The van der Waals surface area contributed by atoms with Crippen LogP contribution >= 0.6 is 11.6 Å². The summed E-state index contributed by atoms with van der Waals surface area (Å²) in [6.07, 6.45) is 0.367. The lowest BCUT2D eigenvalue weighted by Crippen LogP contribution is -2.16. The van der Waals surface area contributed by atoms with Gasteiger partial charge in [-0.1, -0.05) is 23.7 Å². The van der Waals surface area contributed by atoms with E-state index in [-0.39, 0.29) is 5.91 Å². The van der Waals surface area contributed by atoms with Crippen LogP contribution in [0.1, 0.15) is 28.9 Å². The van der Waals surface area contributed by atoms with Gasteiger partial charge in [-0.3, -0.25) is 9.48 Å². The SMILES string of the molecule is Cc1cccc(NC(=O)CCn2nc(C)c(Cl)c2C)c1C. The first kappa shape index (κ1) is 15.6. The van der Waals surface area contributed by atoms with Crippen LogP contribution in [-0.2, 0) is 11.3 Å². The van der Waals surface area contributed by atoms with Crippen LogP contribution in [0.25, 0.3) is 0 Å². The average molecular weight is 306 g/mol. The van der Waals surface area contributed by atoms with Crippen molar-refractivity contribution in [2.24, 2.45) is 0 Å². The van der Waals surface area contributed by atoms with Crippen LogP contribution in [0.3, 0.4) is 0 Å². The lowest BCUT2D eigenvalue weighted by molar-refractivity contribution is -0.116. The maximum Gasteiger partial charge on any atom is 0.226 e. The maximum absolute atomic E-state index is 12.1. The zero-order valence-corrected chi connectivity index (χ0v) is 13.6. The molecule has 2 rings (SSSR count). The lowest BCUT2D eigenvalue weighted by Gasteiger charge is -2.10. The topological polar surface area (TPSA) is 46.9 Å². The first-order valence-corrected chi connectivity index (χ1v) is 7.33. The van der Waals surface area contributed by atoms with E-state index >= 15 is 0 Å². The van der Waals surface area contributed by atoms with E-state index in [1.807, 2.05) is 45.9 Å². The summed E-state index contributed by atoms with van der Waals surface area (Å²) in [4.78, 5) is 12.1. The number of nitrogens with zero attached hydrogens (tertiary/aromatic N) is 2. The highest BCUT2D eigenvalue weighted by Crippen LogP contribution is 2.20. The number of benzene rings is 1. The van der Waals surface area contributed by atoms with Crippen LogP contribution in [0, 0.1) is 27.7 Å². The standard InChI is InChI=1S/C16H20ClN3O/c1-10-6-5-7-14(11(10)2)18-15(21)8-9-20-13(4)16(17)12(3)19-20/h5-7H,8-9H2,1-4H3,(H,18,21). The highest BCUT2D eigenvalue weighted by atomic mass is 35.5. The van der Waals surface area contributed by atoms with Gasteiger partial charge in [-0.15, -0.1) is 0 Å². The van der Waals surface area contributed by atoms with E-state index in [9.17, 15) is 4.79 Å². The van der Waals surface area contributed by atoms with Gasteiger partial charge in [0.15, 0.2) is 0 Å². The largest absolute Gasteiger partial charge is 0.326 e. The Morgan fingerprint density at radius 3 is 2.62 bits per heavy atom. The average Bonchev–Trinajstić information content (AvgIpc) is 2.69. The molecule has 1 amide bonds. The second-order valence-electron chi connectivity index (χ2n) is 5.25. The lowest BCUT2D eigenvalue weighted by atomic mass is 10.1. The van der Waals surface area contributed by atoms with Gasteiger partial charge >= 0.3 is 0 Å². The minimum Gasteiger partial charge on any atom is -0.326 e. The van der Waals surface area contributed by atoms with Crippen molar-refractivity contribution in [1.82, 2.24) is 9.78 Å². The number of amides is 1. The number of nitrogens with one attached hydrogen (secondary N) is 1. The number of hydrogen-bond donors (Lipinski definition) is 1. The molecule has 4 nitrogen and oxygen atoms in total. The minimum absolute atomic E-state index is 0.0209. The molecule has 0 bridgehead atoms. The van der Waals surface area contributed by atoms with Crippen molar-refractivity contribution in [3.8, 4) is 0 Å². The first-order valence-electron chi connectivity index (χ1n) is 6.95. The molecule has 0 spiro atoms. The third-order valence-corrected chi connectivity index (χ3v) is 4.27. The van der Waals surface area contributed by atoms with E-state index in [2.05, 4.69) is 10.4 Å². The Balaban J connectivity index is 1.99. The van der Waals surface area contributed by atoms with Gasteiger partial charge in [0.2, 0.25) is 5.91 Å². The smallest absolute Gasteiger partial charge is 0.226 e. The van der Waals surface area contributed by atoms with Crippen LogP contribution in [-0.4, -0.2) is 15.7 Å². The first-order chi connectivity index (χ1) is 9.90. The van der Waals surface area contributed by atoms with Crippen LogP contribution in [0.15, 0.2) is 18.2 Å². The Bertz CT molecular complexity index is 676. The number of carbonyl (C=O) groups is 1. The van der Waals surface area contributed by atoms with Gasteiger partial charge in [0.1, 0.15) is 0 Å². The molecule has 2 aromatic rings. The second-order valence-corrected chi connectivity index (χ2v) is 5.63.